The summed E-state index contributed by atoms with van der Waals surface area (Å²) < 4.78 is 0. The van der Waals surface area contributed by atoms with Crippen LogP contribution in [0.3, 0.4) is 0 Å². The van der Waals surface area contributed by atoms with Gasteiger partial charge in [0.15, 0.2) is 0 Å². The van der Waals surface area contributed by atoms with E-state index in [4.69, 9.17) is 0 Å². The topological polar surface area (TPSA) is 6.48 Å². The van der Waals surface area contributed by atoms with Crippen LogP contribution in [0.5, 0.6) is 0 Å². The predicted octanol–water partition coefficient (Wildman–Crippen LogP) is 3.99. The van der Waals surface area contributed by atoms with Gasteiger partial charge in [-0.1, -0.05) is 26.0 Å². The lowest BCUT2D eigenvalue weighted by Crippen LogP contribution is -2.26. The smallest absolute Gasteiger partial charge is 0.0893 e. The Hall–Kier alpha value is -1.18. The molecule has 2 heteroatoms. The van der Waals surface area contributed by atoms with E-state index in [2.05, 4.69) is 35.4 Å². The molecular formula is C15H28N2. The largest absolute Gasteiger partial charge is 0.359 e. The molecular weight excluding hydrogens is 208 g/mol. The van der Waals surface area contributed by atoms with Crippen molar-refractivity contribution in [2.24, 2.45) is 0 Å². The SMILES string of the molecule is C=CCCCN1C=CN(CCCC=C)C1.CC. The quantitative estimate of drug-likeness (QED) is 0.464. The van der Waals surface area contributed by atoms with Crippen molar-refractivity contribution in [1.82, 2.24) is 9.80 Å². The van der Waals surface area contributed by atoms with E-state index in [0.717, 1.165) is 32.6 Å². The molecule has 1 rings (SSSR count). The molecule has 17 heavy (non-hydrogen) atoms. The van der Waals surface area contributed by atoms with E-state index < -0.39 is 0 Å². The molecule has 1 aliphatic heterocycles. The Bertz CT molecular complexity index is 199. The molecule has 0 bridgehead atoms. The zero-order valence-corrected chi connectivity index (χ0v) is 11.6. The molecule has 0 unspecified atom stereocenters. The fraction of sp³-hybridized carbons (Fsp3) is 0.600. The molecule has 0 N–H and O–H groups in total. The second kappa shape index (κ2) is 11.3. The summed E-state index contributed by atoms with van der Waals surface area (Å²) in [6, 6.07) is 0. The minimum Gasteiger partial charge on any atom is -0.359 e. The lowest BCUT2D eigenvalue weighted by molar-refractivity contribution is 0.262. The lowest BCUT2D eigenvalue weighted by Gasteiger charge is -2.20. The Balaban J connectivity index is 0.00000121. The van der Waals surface area contributed by atoms with Crippen LogP contribution < -0.4 is 0 Å². The van der Waals surface area contributed by atoms with E-state index in [0.29, 0.717) is 0 Å². The van der Waals surface area contributed by atoms with Crippen molar-refractivity contribution in [3.05, 3.63) is 37.7 Å². The minimum atomic E-state index is 1.05. The summed E-state index contributed by atoms with van der Waals surface area (Å²) in [7, 11) is 0. The highest BCUT2D eigenvalue weighted by atomic mass is 15.3. The zero-order valence-electron chi connectivity index (χ0n) is 11.6. The average Bonchev–Trinajstić information content (AvgIpc) is 2.81. The second-order valence-corrected chi connectivity index (χ2v) is 3.93. The molecule has 0 saturated carbocycles. The van der Waals surface area contributed by atoms with E-state index in [9.17, 15) is 0 Å². The number of hydrogen-bond acceptors (Lipinski definition) is 2. The number of unbranched alkanes of at least 4 members (excludes halogenated alkanes) is 2. The molecule has 0 fully saturated rings. The van der Waals surface area contributed by atoms with Crippen LogP contribution in [0.2, 0.25) is 0 Å². The fourth-order valence-electron chi connectivity index (χ4n) is 1.68. The molecule has 0 spiro atoms. The summed E-state index contributed by atoms with van der Waals surface area (Å²) in [4.78, 5) is 4.72. The Morgan fingerprint density at radius 2 is 1.35 bits per heavy atom. The second-order valence-electron chi connectivity index (χ2n) is 3.93. The monoisotopic (exact) mass is 236 g/mol. The number of rotatable bonds is 8. The van der Waals surface area contributed by atoms with Gasteiger partial charge in [0.1, 0.15) is 0 Å². The van der Waals surface area contributed by atoms with Crippen molar-refractivity contribution in [2.45, 2.75) is 39.5 Å². The molecule has 0 aromatic heterocycles. The first-order valence-corrected chi connectivity index (χ1v) is 6.75. The number of nitrogens with zero attached hydrogens (tertiary/aromatic N) is 2. The summed E-state index contributed by atoms with van der Waals surface area (Å²) in [6.07, 6.45) is 13.0. The van der Waals surface area contributed by atoms with Crippen LogP contribution in [0.1, 0.15) is 39.5 Å². The number of hydrogen-bond donors (Lipinski definition) is 0. The average molecular weight is 236 g/mol. The van der Waals surface area contributed by atoms with Crippen LogP contribution in [-0.2, 0) is 0 Å². The van der Waals surface area contributed by atoms with Gasteiger partial charge in [0, 0.05) is 25.5 Å². The third-order valence-corrected chi connectivity index (χ3v) is 2.56. The maximum absolute atomic E-state index is 3.73. The summed E-state index contributed by atoms with van der Waals surface area (Å²) in [5, 5.41) is 0. The van der Waals surface area contributed by atoms with Gasteiger partial charge in [-0.25, -0.2) is 0 Å². The van der Waals surface area contributed by atoms with Gasteiger partial charge in [0.25, 0.3) is 0 Å². The normalized spacial score (nSPS) is 13.3. The first-order chi connectivity index (χ1) is 8.36. The van der Waals surface area contributed by atoms with E-state index in [1.54, 1.807) is 0 Å². The summed E-state index contributed by atoms with van der Waals surface area (Å²) in [6.45, 7) is 14.8. The molecule has 0 amide bonds. The Labute approximate surface area is 107 Å². The first-order valence-electron chi connectivity index (χ1n) is 6.75. The highest BCUT2D eigenvalue weighted by Gasteiger charge is 2.10. The van der Waals surface area contributed by atoms with E-state index in [-0.39, 0.29) is 0 Å². The highest BCUT2D eigenvalue weighted by molar-refractivity contribution is 4.90. The van der Waals surface area contributed by atoms with Crippen molar-refractivity contribution < 1.29 is 0 Å². The highest BCUT2D eigenvalue weighted by Crippen LogP contribution is 2.09. The maximum Gasteiger partial charge on any atom is 0.0893 e. The van der Waals surface area contributed by atoms with Crippen molar-refractivity contribution in [3.63, 3.8) is 0 Å². The molecule has 98 valence electrons. The Morgan fingerprint density at radius 1 is 0.941 bits per heavy atom. The van der Waals surface area contributed by atoms with Crippen molar-refractivity contribution in [2.75, 3.05) is 19.8 Å². The third kappa shape index (κ3) is 7.67. The summed E-state index contributed by atoms with van der Waals surface area (Å²) in [5.41, 5.74) is 0. The van der Waals surface area contributed by atoms with E-state index in [1.165, 1.54) is 12.8 Å². The van der Waals surface area contributed by atoms with Crippen LogP contribution >= 0.6 is 0 Å². The molecule has 0 aromatic carbocycles. The van der Waals surface area contributed by atoms with Gasteiger partial charge in [0.05, 0.1) is 6.67 Å². The Kier molecular flexibility index (Phi) is 10.5. The third-order valence-electron chi connectivity index (χ3n) is 2.56. The zero-order chi connectivity index (χ0) is 12.9. The van der Waals surface area contributed by atoms with Crippen LogP contribution in [0, 0.1) is 0 Å². The van der Waals surface area contributed by atoms with Gasteiger partial charge in [0.2, 0.25) is 0 Å². The van der Waals surface area contributed by atoms with Gasteiger partial charge in [-0.05, 0) is 25.7 Å². The standard InChI is InChI=1S/C13H22N2.C2H6/c1-3-5-7-9-14-11-12-15(13-14)10-8-6-4-2;1-2/h3-4,11-12H,1-2,5-10,13H2;1-2H3. The van der Waals surface area contributed by atoms with Gasteiger partial charge in [-0.3, -0.25) is 0 Å². The van der Waals surface area contributed by atoms with Gasteiger partial charge >= 0.3 is 0 Å². The van der Waals surface area contributed by atoms with Crippen LogP contribution in [-0.4, -0.2) is 29.6 Å². The van der Waals surface area contributed by atoms with Crippen molar-refractivity contribution >= 4 is 0 Å². The predicted molar refractivity (Wildman–Crippen MR) is 77.6 cm³/mol. The summed E-state index contributed by atoms with van der Waals surface area (Å²) in [5.74, 6) is 0. The molecule has 0 saturated heterocycles. The van der Waals surface area contributed by atoms with Crippen LogP contribution in [0.4, 0.5) is 0 Å². The molecule has 1 heterocycles. The molecule has 2 nitrogen and oxygen atoms in total. The van der Waals surface area contributed by atoms with Crippen LogP contribution in [0.25, 0.3) is 0 Å². The lowest BCUT2D eigenvalue weighted by atomic mass is 10.3. The minimum absolute atomic E-state index is 1.05. The van der Waals surface area contributed by atoms with Crippen molar-refractivity contribution in [1.29, 1.82) is 0 Å². The van der Waals surface area contributed by atoms with Gasteiger partial charge in [-0.15, -0.1) is 13.2 Å². The molecule has 0 aromatic rings. The number of allylic oxidation sites excluding steroid dienone is 2. The Morgan fingerprint density at radius 3 is 1.71 bits per heavy atom. The van der Waals surface area contributed by atoms with Gasteiger partial charge in [-0.2, -0.15) is 0 Å². The molecule has 0 radical (unpaired) electrons. The van der Waals surface area contributed by atoms with E-state index >= 15 is 0 Å². The van der Waals surface area contributed by atoms with Crippen molar-refractivity contribution in [3.8, 4) is 0 Å². The van der Waals surface area contributed by atoms with E-state index in [1.807, 2.05) is 26.0 Å². The molecule has 0 atom stereocenters. The van der Waals surface area contributed by atoms with Gasteiger partial charge < -0.3 is 9.80 Å². The first kappa shape index (κ1) is 15.8. The fourth-order valence-corrected chi connectivity index (χ4v) is 1.68. The molecule has 1 aliphatic rings. The summed E-state index contributed by atoms with van der Waals surface area (Å²) >= 11 is 0. The molecule has 0 aliphatic carbocycles. The maximum atomic E-state index is 3.73. The van der Waals surface area contributed by atoms with Crippen LogP contribution in [0.15, 0.2) is 37.7 Å².